The van der Waals surface area contributed by atoms with Gasteiger partial charge in [-0.1, -0.05) is 22.9 Å². The monoisotopic (exact) mass is 489 g/mol. The number of carbonyl (C=O) groups is 2. The Morgan fingerprint density at radius 1 is 1.06 bits per heavy atom. The molecule has 1 aliphatic heterocycles. The van der Waals surface area contributed by atoms with Gasteiger partial charge >= 0.3 is 0 Å². The summed E-state index contributed by atoms with van der Waals surface area (Å²) < 4.78 is 33.4. The van der Waals surface area contributed by atoms with Crippen LogP contribution in [0, 0.1) is 20.8 Å². The number of hydrogen-bond acceptors (Lipinski definition) is 7. The molecule has 2 aliphatic rings. The van der Waals surface area contributed by atoms with Crippen LogP contribution in [0.4, 0.5) is 0 Å². The van der Waals surface area contributed by atoms with Crippen molar-refractivity contribution >= 4 is 21.8 Å². The Morgan fingerprint density at radius 2 is 1.71 bits per heavy atom. The van der Waals surface area contributed by atoms with Crippen molar-refractivity contribution < 1.29 is 22.5 Å². The van der Waals surface area contributed by atoms with Crippen molar-refractivity contribution in [3.63, 3.8) is 0 Å². The van der Waals surface area contributed by atoms with Crippen LogP contribution in [0.5, 0.6) is 0 Å². The van der Waals surface area contributed by atoms with Gasteiger partial charge in [-0.05, 0) is 58.6 Å². The largest absolute Gasteiger partial charge is 0.360 e. The molecule has 0 bridgehead atoms. The number of nitrogens with zero attached hydrogens (tertiary/aromatic N) is 3. The van der Waals surface area contributed by atoms with Gasteiger partial charge in [-0.2, -0.15) is 4.31 Å². The van der Waals surface area contributed by atoms with Crippen LogP contribution < -0.4 is 11.1 Å². The molecule has 1 atom stereocenters. The number of benzene rings is 1. The zero-order valence-electron chi connectivity index (χ0n) is 19.7. The van der Waals surface area contributed by atoms with Gasteiger partial charge in [-0.3, -0.25) is 9.59 Å². The van der Waals surface area contributed by atoms with E-state index in [4.69, 9.17) is 10.3 Å². The van der Waals surface area contributed by atoms with E-state index in [1.54, 1.807) is 12.1 Å². The van der Waals surface area contributed by atoms with E-state index in [1.165, 1.54) is 18.7 Å². The lowest BCUT2D eigenvalue weighted by Crippen LogP contribution is -2.56. The Kier molecular flexibility index (Phi) is 6.79. The Labute approximate surface area is 199 Å². The van der Waals surface area contributed by atoms with Crippen molar-refractivity contribution in [2.75, 3.05) is 13.1 Å². The minimum atomic E-state index is -4.15. The molecule has 184 valence electrons. The number of amides is 2. The van der Waals surface area contributed by atoms with Gasteiger partial charge in [0.05, 0.1) is 0 Å². The maximum Gasteiger partial charge on any atom is 0.259 e. The Hall–Kier alpha value is -2.76. The first-order valence-electron chi connectivity index (χ1n) is 11.5. The summed E-state index contributed by atoms with van der Waals surface area (Å²) in [5.74, 6) is -0.780. The van der Waals surface area contributed by atoms with E-state index in [-0.39, 0.29) is 41.5 Å². The summed E-state index contributed by atoms with van der Waals surface area (Å²) in [6, 6.07) is 6.97. The number of nitrogens with one attached hydrogen (secondary N) is 1. The van der Waals surface area contributed by atoms with Gasteiger partial charge in [0.15, 0.2) is 11.9 Å². The first-order valence-corrected chi connectivity index (χ1v) is 12.9. The average molecular weight is 490 g/mol. The molecule has 1 aromatic carbocycles. The predicted molar refractivity (Wildman–Crippen MR) is 124 cm³/mol. The molecule has 1 aromatic heterocycles. The zero-order valence-corrected chi connectivity index (χ0v) is 20.5. The summed E-state index contributed by atoms with van der Waals surface area (Å²) in [5, 5.41) is 6.73. The number of carbonyl (C=O) groups excluding carboxylic acids is 2. The van der Waals surface area contributed by atoms with Gasteiger partial charge in [0, 0.05) is 30.7 Å². The summed E-state index contributed by atoms with van der Waals surface area (Å²) >= 11 is 0. The van der Waals surface area contributed by atoms with Crippen molar-refractivity contribution in [1.82, 2.24) is 19.7 Å². The van der Waals surface area contributed by atoms with Gasteiger partial charge < -0.3 is 20.5 Å². The van der Waals surface area contributed by atoms with Gasteiger partial charge in [-0.15, -0.1) is 0 Å². The number of hydrogen-bond donors (Lipinski definition) is 2. The molecule has 1 aliphatic carbocycles. The van der Waals surface area contributed by atoms with Crippen LogP contribution in [0.1, 0.15) is 53.1 Å². The molecule has 2 aromatic rings. The summed E-state index contributed by atoms with van der Waals surface area (Å²) in [6.45, 7) is 5.03. The van der Waals surface area contributed by atoms with Crippen molar-refractivity contribution in [2.45, 2.75) is 69.6 Å². The molecule has 10 nitrogen and oxygen atoms in total. The molecule has 3 N–H and O–H groups in total. The summed E-state index contributed by atoms with van der Waals surface area (Å²) in [4.78, 5) is 28.1. The zero-order chi connectivity index (χ0) is 24.6. The van der Waals surface area contributed by atoms with E-state index >= 15 is 0 Å². The quantitative estimate of drug-likeness (QED) is 0.648. The van der Waals surface area contributed by atoms with Gasteiger partial charge in [0.25, 0.3) is 21.8 Å². The predicted octanol–water partition coefficient (Wildman–Crippen LogP) is 1.46. The molecule has 2 fully saturated rings. The van der Waals surface area contributed by atoms with E-state index < -0.39 is 28.0 Å². The van der Waals surface area contributed by atoms with Crippen LogP contribution in [-0.4, -0.2) is 65.9 Å². The Bertz CT molecular complexity index is 1150. The second-order valence-corrected chi connectivity index (χ2v) is 11.0. The highest BCUT2D eigenvalue weighted by Crippen LogP contribution is 2.30. The van der Waals surface area contributed by atoms with Crippen LogP contribution in [0.3, 0.4) is 0 Å². The van der Waals surface area contributed by atoms with Crippen LogP contribution >= 0.6 is 0 Å². The normalized spacial score (nSPS) is 23.8. The molecule has 2 amide bonds. The molecule has 2 heterocycles. The molecule has 4 rings (SSSR count). The molecule has 34 heavy (non-hydrogen) atoms. The van der Waals surface area contributed by atoms with E-state index in [0.717, 1.165) is 22.7 Å². The highest BCUT2D eigenvalue weighted by molar-refractivity contribution is 7.89. The van der Waals surface area contributed by atoms with Crippen LogP contribution in [0.25, 0.3) is 0 Å². The fraction of sp³-hybridized carbons (Fsp3) is 0.522. The summed E-state index contributed by atoms with van der Waals surface area (Å²) in [6.07, 6.45) is 1.67. The van der Waals surface area contributed by atoms with Crippen LogP contribution in [0.15, 0.2) is 33.7 Å². The average Bonchev–Trinajstić information content (AvgIpc) is 3.39. The van der Waals surface area contributed by atoms with Crippen LogP contribution in [-0.2, 0) is 14.8 Å². The maximum absolute atomic E-state index is 13.6. The number of sulfonamides is 1. The summed E-state index contributed by atoms with van der Waals surface area (Å²) in [7, 11) is -4.15. The third-order valence-corrected chi connectivity index (χ3v) is 8.67. The standard InChI is InChI=1S/C23H31N5O5S/c1-14-4-6-17(7-5-14)23(30)27-12-13-28(34(31,32)20-15(2)26-33-16(20)3)22(27)21(29)25-19-10-8-18(24)9-11-19/h4-7,18-19,22H,8-13,24H2,1-3H3,(H,25,29). The number of aryl methyl sites for hydroxylation is 3. The second-order valence-electron chi connectivity index (χ2n) is 9.13. The fourth-order valence-corrected chi connectivity index (χ4v) is 6.54. The van der Waals surface area contributed by atoms with E-state index in [1.807, 2.05) is 19.1 Å². The van der Waals surface area contributed by atoms with Gasteiger partial charge in [-0.25, -0.2) is 8.42 Å². The molecule has 1 unspecified atom stereocenters. The first kappa shape index (κ1) is 24.4. The molecule has 1 saturated carbocycles. The van der Waals surface area contributed by atoms with Crippen LogP contribution in [0.2, 0.25) is 0 Å². The number of rotatable bonds is 5. The van der Waals surface area contributed by atoms with E-state index in [0.29, 0.717) is 18.4 Å². The second kappa shape index (κ2) is 9.47. The minimum Gasteiger partial charge on any atom is -0.360 e. The molecule has 0 spiro atoms. The molecule has 0 radical (unpaired) electrons. The minimum absolute atomic E-state index is 0.0162. The molecule has 1 saturated heterocycles. The lowest BCUT2D eigenvalue weighted by molar-refractivity contribution is -0.128. The SMILES string of the molecule is Cc1ccc(C(=O)N2CCN(S(=O)(=O)c3c(C)noc3C)C2C(=O)NC2CCC(N)CC2)cc1. The Morgan fingerprint density at radius 3 is 2.29 bits per heavy atom. The summed E-state index contributed by atoms with van der Waals surface area (Å²) in [5.41, 5.74) is 7.57. The van der Waals surface area contributed by atoms with Crippen molar-refractivity contribution in [1.29, 1.82) is 0 Å². The van der Waals surface area contributed by atoms with Gasteiger partial charge in [0.2, 0.25) is 0 Å². The number of aromatic nitrogens is 1. The van der Waals surface area contributed by atoms with Gasteiger partial charge in [0.1, 0.15) is 10.6 Å². The first-order chi connectivity index (χ1) is 16.1. The Balaban J connectivity index is 1.67. The lowest BCUT2D eigenvalue weighted by atomic mass is 9.92. The third-order valence-electron chi connectivity index (χ3n) is 6.58. The topological polar surface area (TPSA) is 139 Å². The van der Waals surface area contributed by atoms with Crippen molar-refractivity contribution in [2.24, 2.45) is 5.73 Å². The maximum atomic E-state index is 13.6. The van der Waals surface area contributed by atoms with Crippen molar-refractivity contribution in [3.8, 4) is 0 Å². The molecular formula is C23H31N5O5S. The fourth-order valence-electron chi connectivity index (χ4n) is 4.70. The smallest absolute Gasteiger partial charge is 0.259 e. The number of nitrogens with two attached hydrogens (primary N) is 1. The highest BCUT2D eigenvalue weighted by atomic mass is 32.2. The lowest BCUT2D eigenvalue weighted by Gasteiger charge is -2.32. The molecule has 11 heteroatoms. The highest BCUT2D eigenvalue weighted by Gasteiger charge is 2.48. The molecular weight excluding hydrogens is 458 g/mol. The van der Waals surface area contributed by atoms with Crippen molar-refractivity contribution in [3.05, 3.63) is 46.8 Å². The van der Waals surface area contributed by atoms with E-state index in [2.05, 4.69) is 10.5 Å². The third kappa shape index (κ3) is 4.59. The van der Waals surface area contributed by atoms with E-state index in [9.17, 15) is 18.0 Å².